The molecule has 114 valence electrons. The van der Waals surface area contributed by atoms with Gasteiger partial charge in [-0.2, -0.15) is 0 Å². The molecule has 1 atom stereocenters. The number of aromatic nitrogens is 1. The van der Waals surface area contributed by atoms with Gasteiger partial charge in [0.15, 0.2) is 0 Å². The van der Waals surface area contributed by atoms with Crippen molar-refractivity contribution in [1.29, 1.82) is 0 Å². The van der Waals surface area contributed by atoms with Gasteiger partial charge in [-0.15, -0.1) is 0 Å². The summed E-state index contributed by atoms with van der Waals surface area (Å²) in [4.78, 5) is 32.0. The Balaban J connectivity index is 2.13. The number of aryl methyl sites for hydroxylation is 1. The van der Waals surface area contributed by atoms with E-state index < -0.39 is 6.04 Å². The maximum absolute atomic E-state index is 12.5. The maximum Gasteiger partial charge on any atom is 0.255 e. The van der Waals surface area contributed by atoms with Crippen LogP contribution >= 0.6 is 0 Å². The Morgan fingerprint density at radius 1 is 1.33 bits per heavy atom. The number of nitrogens with zero attached hydrogens (tertiary/aromatic N) is 3. The SMILES string of the molecule is Cc1ccc(C(=O)N2CCN(C(C)C)[C@H](C(N)=O)C2)cn1. The van der Waals surface area contributed by atoms with Gasteiger partial charge in [0.25, 0.3) is 5.91 Å². The van der Waals surface area contributed by atoms with Crippen LogP contribution in [0.5, 0.6) is 0 Å². The van der Waals surface area contributed by atoms with Crippen LogP contribution in [0.3, 0.4) is 0 Å². The highest BCUT2D eigenvalue weighted by Gasteiger charge is 2.34. The van der Waals surface area contributed by atoms with Crippen molar-refractivity contribution in [3.8, 4) is 0 Å². The van der Waals surface area contributed by atoms with E-state index in [2.05, 4.69) is 4.98 Å². The van der Waals surface area contributed by atoms with Gasteiger partial charge in [0.2, 0.25) is 5.91 Å². The second kappa shape index (κ2) is 6.22. The maximum atomic E-state index is 12.5. The van der Waals surface area contributed by atoms with E-state index in [1.165, 1.54) is 0 Å². The Morgan fingerprint density at radius 2 is 2.05 bits per heavy atom. The van der Waals surface area contributed by atoms with Gasteiger partial charge in [-0.05, 0) is 32.9 Å². The molecule has 0 aliphatic carbocycles. The number of piperazine rings is 1. The zero-order valence-electron chi connectivity index (χ0n) is 12.7. The molecule has 1 aromatic heterocycles. The summed E-state index contributed by atoms with van der Waals surface area (Å²) in [7, 11) is 0. The Hall–Kier alpha value is -1.95. The number of pyridine rings is 1. The molecule has 0 radical (unpaired) electrons. The number of amides is 2. The summed E-state index contributed by atoms with van der Waals surface area (Å²) >= 11 is 0. The fourth-order valence-corrected chi connectivity index (χ4v) is 2.63. The quantitative estimate of drug-likeness (QED) is 0.874. The molecule has 1 aromatic rings. The van der Waals surface area contributed by atoms with Crippen molar-refractivity contribution in [2.24, 2.45) is 5.73 Å². The second-order valence-electron chi connectivity index (χ2n) is 5.69. The number of hydrogen-bond donors (Lipinski definition) is 1. The summed E-state index contributed by atoms with van der Waals surface area (Å²) in [5, 5.41) is 0. The van der Waals surface area contributed by atoms with Crippen LogP contribution in [0.2, 0.25) is 0 Å². The highest BCUT2D eigenvalue weighted by atomic mass is 16.2. The van der Waals surface area contributed by atoms with Crippen LogP contribution in [0.1, 0.15) is 29.9 Å². The molecule has 1 aliphatic heterocycles. The number of nitrogens with two attached hydrogens (primary N) is 1. The molecule has 6 nitrogen and oxygen atoms in total. The minimum atomic E-state index is -0.430. The van der Waals surface area contributed by atoms with Crippen LogP contribution in [0.15, 0.2) is 18.3 Å². The van der Waals surface area contributed by atoms with E-state index >= 15 is 0 Å². The standard InChI is InChI=1S/C15H22N4O2/c1-10(2)19-7-6-18(9-13(19)14(16)20)15(21)12-5-4-11(3)17-8-12/h4-5,8,10,13H,6-7,9H2,1-3H3,(H2,16,20)/t13-/m0/s1. The summed E-state index contributed by atoms with van der Waals surface area (Å²) in [5.74, 6) is -0.486. The number of carbonyl (C=O) groups excluding carboxylic acids is 2. The van der Waals surface area contributed by atoms with Gasteiger partial charge in [-0.3, -0.25) is 19.5 Å². The molecule has 2 N–H and O–H groups in total. The predicted octanol–water partition coefficient (Wildman–Crippen LogP) is 0.410. The number of carbonyl (C=O) groups is 2. The lowest BCUT2D eigenvalue weighted by atomic mass is 10.1. The summed E-state index contributed by atoms with van der Waals surface area (Å²) in [6, 6.07) is 3.36. The van der Waals surface area contributed by atoms with E-state index in [4.69, 9.17) is 5.73 Å². The monoisotopic (exact) mass is 290 g/mol. The van der Waals surface area contributed by atoms with Crippen LogP contribution in [0, 0.1) is 6.92 Å². The van der Waals surface area contributed by atoms with E-state index in [1.807, 2.05) is 31.7 Å². The summed E-state index contributed by atoms with van der Waals surface area (Å²) < 4.78 is 0. The average molecular weight is 290 g/mol. The van der Waals surface area contributed by atoms with Gasteiger partial charge in [0.05, 0.1) is 5.56 Å². The zero-order valence-corrected chi connectivity index (χ0v) is 12.7. The van der Waals surface area contributed by atoms with E-state index in [0.717, 1.165) is 5.69 Å². The Kier molecular flexibility index (Phi) is 4.57. The fourth-order valence-electron chi connectivity index (χ4n) is 2.63. The minimum absolute atomic E-state index is 0.0999. The molecule has 0 spiro atoms. The minimum Gasteiger partial charge on any atom is -0.368 e. The number of rotatable bonds is 3. The summed E-state index contributed by atoms with van der Waals surface area (Å²) in [6.07, 6.45) is 1.58. The fraction of sp³-hybridized carbons (Fsp3) is 0.533. The van der Waals surface area contributed by atoms with Gasteiger partial charge < -0.3 is 10.6 Å². The molecule has 6 heteroatoms. The Morgan fingerprint density at radius 3 is 2.57 bits per heavy atom. The normalized spacial score (nSPS) is 19.8. The highest BCUT2D eigenvalue weighted by molar-refractivity contribution is 5.94. The van der Waals surface area contributed by atoms with Crippen molar-refractivity contribution in [1.82, 2.24) is 14.8 Å². The number of primary amides is 1. The third kappa shape index (κ3) is 3.39. The lowest BCUT2D eigenvalue weighted by Gasteiger charge is -2.42. The lowest BCUT2D eigenvalue weighted by molar-refractivity contribution is -0.126. The van der Waals surface area contributed by atoms with Gasteiger partial charge in [-0.25, -0.2) is 0 Å². The van der Waals surface area contributed by atoms with Crippen molar-refractivity contribution < 1.29 is 9.59 Å². The third-order valence-electron chi connectivity index (χ3n) is 3.86. The first-order valence-corrected chi connectivity index (χ1v) is 7.17. The summed E-state index contributed by atoms with van der Waals surface area (Å²) in [5.41, 5.74) is 6.90. The molecule has 21 heavy (non-hydrogen) atoms. The van der Waals surface area contributed by atoms with Crippen molar-refractivity contribution in [3.05, 3.63) is 29.6 Å². The van der Waals surface area contributed by atoms with Crippen LogP contribution in [0.4, 0.5) is 0 Å². The lowest BCUT2D eigenvalue weighted by Crippen LogP contribution is -2.61. The molecule has 0 bridgehead atoms. The van der Waals surface area contributed by atoms with Gasteiger partial charge in [0.1, 0.15) is 6.04 Å². The van der Waals surface area contributed by atoms with E-state index in [9.17, 15) is 9.59 Å². The summed E-state index contributed by atoms with van der Waals surface area (Å²) in [6.45, 7) is 7.50. The molecule has 2 amide bonds. The molecule has 1 saturated heterocycles. The van der Waals surface area contributed by atoms with Gasteiger partial charge in [-0.1, -0.05) is 0 Å². The van der Waals surface area contributed by atoms with Crippen molar-refractivity contribution in [2.45, 2.75) is 32.9 Å². The van der Waals surface area contributed by atoms with Crippen LogP contribution in [0.25, 0.3) is 0 Å². The highest BCUT2D eigenvalue weighted by Crippen LogP contribution is 2.15. The molecule has 1 fully saturated rings. The Labute approximate surface area is 124 Å². The smallest absolute Gasteiger partial charge is 0.255 e. The molecule has 2 heterocycles. The third-order valence-corrected chi connectivity index (χ3v) is 3.86. The first kappa shape index (κ1) is 15.4. The van der Waals surface area contributed by atoms with Crippen molar-refractivity contribution >= 4 is 11.8 Å². The second-order valence-corrected chi connectivity index (χ2v) is 5.69. The molecule has 1 aliphatic rings. The topological polar surface area (TPSA) is 79.5 Å². The number of hydrogen-bond acceptors (Lipinski definition) is 4. The van der Waals surface area contributed by atoms with Crippen LogP contribution in [-0.4, -0.2) is 58.3 Å². The van der Waals surface area contributed by atoms with E-state index in [0.29, 0.717) is 25.2 Å². The first-order valence-electron chi connectivity index (χ1n) is 7.17. The predicted molar refractivity (Wildman–Crippen MR) is 79.7 cm³/mol. The van der Waals surface area contributed by atoms with Gasteiger partial charge in [0, 0.05) is 37.6 Å². The molecule has 2 rings (SSSR count). The first-order chi connectivity index (χ1) is 9.90. The van der Waals surface area contributed by atoms with Crippen LogP contribution < -0.4 is 5.73 Å². The van der Waals surface area contributed by atoms with Gasteiger partial charge >= 0.3 is 0 Å². The molecule has 0 saturated carbocycles. The van der Waals surface area contributed by atoms with E-state index in [1.54, 1.807) is 17.2 Å². The zero-order chi connectivity index (χ0) is 15.6. The molecule has 0 aromatic carbocycles. The van der Waals surface area contributed by atoms with Crippen molar-refractivity contribution in [3.63, 3.8) is 0 Å². The van der Waals surface area contributed by atoms with E-state index in [-0.39, 0.29) is 17.9 Å². The Bertz CT molecular complexity index is 527. The molecular weight excluding hydrogens is 268 g/mol. The van der Waals surface area contributed by atoms with Crippen LogP contribution in [-0.2, 0) is 4.79 Å². The van der Waals surface area contributed by atoms with Crippen molar-refractivity contribution in [2.75, 3.05) is 19.6 Å². The molecule has 0 unspecified atom stereocenters. The average Bonchev–Trinajstić information content (AvgIpc) is 2.46. The molecular formula is C15H22N4O2. The largest absolute Gasteiger partial charge is 0.368 e.